The van der Waals surface area contributed by atoms with Crippen LogP contribution in [0.5, 0.6) is 0 Å². The fraction of sp³-hybridized carbons (Fsp3) is 0.556. The van der Waals surface area contributed by atoms with Gasteiger partial charge in [0.15, 0.2) is 6.17 Å². The number of hydrogen-bond acceptors (Lipinski definition) is 7. The van der Waals surface area contributed by atoms with Crippen molar-refractivity contribution in [3.8, 4) is 10.4 Å². The third kappa shape index (κ3) is 7.08. The van der Waals surface area contributed by atoms with Gasteiger partial charge < -0.3 is 25.4 Å². The number of aliphatic hydroxyl groups excluding tert-OH is 1. The molecule has 2 heterocycles. The zero-order valence-electron chi connectivity index (χ0n) is 22.9. The summed E-state index contributed by atoms with van der Waals surface area (Å²) in [5.74, 6) is -1.40. The van der Waals surface area contributed by atoms with Gasteiger partial charge in [-0.3, -0.25) is 9.59 Å². The summed E-state index contributed by atoms with van der Waals surface area (Å²) in [6, 6.07) is 4.90. The van der Waals surface area contributed by atoms with Crippen LogP contribution in [0.2, 0.25) is 0 Å². The van der Waals surface area contributed by atoms with Crippen LogP contribution in [0, 0.1) is 12.3 Å². The smallest absolute Gasteiger partial charge is 0.408 e. The molecule has 208 valence electrons. The van der Waals surface area contributed by atoms with Crippen molar-refractivity contribution in [3.63, 3.8) is 0 Å². The summed E-state index contributed by atoms with van der Waals surface area (Å²) >= 11 is 1.54. The van der Waals surface area contributed by atoms with E-state index in [-0.39, 0.29) is 13.1 Å². The number of alkyl carbamates (subject to hydrolysis) is 1. The maximum Gasteiger partial charge on any atom is 0.408 e. The predicted molar refractivity (Wildman–Crippen MR) is 143 cm³/mol. The van der Waals surface area contributed by atoms with Crippen molar-refractivity contribution in [1.29, 1.82) is 0 Å². The van der Waals surface area contributed by atoms with Crippen LogP contribution < -0.4 is 10.6 Å². The zero-order valence-corrected chi connectivity index (χ0v) is 23.7. The van der Waals surface area contributed by atoms with Gasteiger partial charge in [-0.05, 0) is 44.2 Å². The number of nitrogens with one attached hydrogen (secondary N) is 2. The molecule has 0 spiro atoms. The molecule has 1 saturated heterocycles. The van der Waals surface area contributed by atoms with E-state index in [1.165, 1.54) is 11.3 Å². The van der Waals surface area contributed by atoms with Crippen LogP contribution in [0.15, 0.2) is 29.8 Å². The first-order valence-corrected chi connectivity index (χ1v) is 13.4. The number of nitrogens with zero attached hydrogens (tertiary/aromatic N) is 2. The van der Waals surface area contributed by atoms with Crippen molar-refractivity contribution in [1.82, 2.24) is 20.5 Å². The Hall–Kier alpha value is -3.05. The van der Waals surface area contributed by atoms with Crippen molar-refractivity contribution in [2.45, 2.75) is 85.0 Å². The molecule has 38 heavy (non-hydrogen) atoms. The number of thiazole rings is 1. The van der Waals surface area contributed by atoms with Crippen LogP contribution in [0.3, 0.4) is 0 Å². The van der Waals surface area contributed by atoms with Gasteiger partial charge in [0.25, 0.3) is 0 Å². The minimum absolute atomic E-state index is 0.112. The number of carbonyl (C=O) groups is 3. The summed E-state index contributed by atoms with van der Waals surface area (Å²) < 4.78 is 20.3. The fourth-order valence-corrected chi connectivity index (χ4v) is 5.01. The van der Waals surface area contributed by atoms with Crippen LogP contribution in [0.25, 0.3) is 10.4 Å². The lowest BCUT2D eigenvalue weighted by Crippen LogP contribution is -2.59. The van der Waals surface area contributed by atoms with E-state index in [2.05, 4.69) is 15.6 Å². The van der Waals surface area contributed by atoms with Crippen LogP contribution in [0.1, 0.15) is 52.8 Å². The third-order valence-electron chi connectivity index (χ3n) is 6.14. The number of likely N-dealkylation sites (tertiary alicyclic amines) is 1. The number of benzene rings is 1. The summed E-state index contributed by atoms with van der Waals surface area (Å²) in [5, 5.41) is 15.5. The fourth-order valence-electron chi connectivity index (χ4n) is 4.20. The van der Waals surface area contributed by atoms with Gasteiger partial charge in [-0.1, -0.05) is 45.0 Å². The molecule has 0 unspecified atom stereocenters. The Morgan fingerprint density at radius 1 is 1.18 bits per heavy atom. The molecule has 11 heteroatoms. The van der Waals surface area contributed by atoms with Crippen molar-refractivity contribution in [2.75, 3.05) is 6.54 Å². The molecule has 1 aromatic carbocycles. The van der Waals surface area contributed by atoms with Gasteiger partial charge in [-0.2, -0.15) is 0 Å². The highest BCUT2D eigenvalue weighted by molar-refractivity contribution is 7.13. The molecule has 1 fully saturated rings. The lowest BCUT2D eigenvalue weighted by atomic mass is 9.85. The second kappa shape index (κ2) is 11.4. The predicted octanol–water partition coefficient (Wildman–Crippen LogP) is 3.58. The molecule has 1 aromatic heterocycles. The molecule has 3 rings (SSSR count). The molecule has 0 radical (unpaired) electrons. The van der Waals surface area contributed by atoms with Crippen molar-refractivity contribution >= 4 is 29.2 Å². The van der Waals surface area contributed by atoms with Crippen LogP contribution >= 0.6 is 11.3 Å². The maximum absolute atomic E-state index is 15.0. The molecule has 3 amide bonds. The third-order valence-corrected chi connectivity index (χ3v) is 7.12. The molecular formula is C27H37FN4O5S. The van der Waals surface area contributed by atoms with E-state index < -0.39 is 53.3 Å². The van der Waals surface area contributed by atoms with Crippen LogP contribution in [-0.4, -0.2) is 69.4 Å². The monoisotopic (exact) mass is 548 g/mol. The number of carbonyl (C=O) groups excluding carboxylic acids is 3. The average Bonchev–Trinajstić information content (AvgIpc) is 3.36. The van der Waals surface area contributed by atoms with E-state index in [1.54, 1.807) is 47.1 Å². The second-order valence-corrected chi connectivity index (χ2v) is 12.4. The van der Waals surface area contributed by atoms with Crippen LogP contribution in [0.4, 0.5) is 9.18 Å². The summed E-state index contributed by atoms with van der Waals surface area (Å²) in [6.45, 7) is 12.0. The number of aromatic nitrogens is 1. The molecule has 3 N–H and O–H groups in total. The second-order valence-electron chi connectivity index (χ2n) is 11.6. The molecule has 1 aliphatic heterocycles. The van der Waals surface area contributed by atoms with Crippen molar-refractivity contribution in [3.05, 3.63) is 41.0 Å². The van der Waals surface area contributed by atoms with Gasteiger partial charge in [0.1, 0.15) is 23.8 Å². The Bertz CT molecular complexity index is 1160. The quantitative estimate of drug-likeness (QED) is 0.508. The van der Waals surface area contributed by atoms with Gasteiger partial charge in [-0.15, -0.1) is 11.3 Å². The topological polar surface area (TPSA) is 121 Å². The minimum Gasteiger partial charge on any atom is -0.444 e. The van der Waals surface area contributed by atoms with Gasteiger partial charge >= 0.3 is 6.09 Å². The molecule has 2 aromatic rings. The number of aryl methyl sites for hydroxylation is 1. The molecule has 4 atom stereocenters. The molecule has 0 bridgehead atoms. The molecule has 0 saturated carbocycles. The Kier molecular flexibility index (Phi) is 8.82. The highest BCUT2D eigenvalue weighted by Crippen LogP contribution is 2.29. The lowest BCUT2D eigenvalue weighted by Gasteiger charge is -2.35. The molecular weight excluding hydrogens is 511 g/mol. The van der Waals surface area contributed by atoms with E-state index in [0.29, 0.717) is 0 Å². The summed E-state index contributed by atoms with van der Waals surface area (Å²) in [6.07, 6.45) is -4.31. The average molecular weight is 549 g/mol. The summed E-state index contributed by atoms with van der Waals surface area (Å²) in [5.41, 5.74) is 2.93. The van der Waals surface area contributed by atoms with E-state index >= 15 is 4.39 Å². The first-order valence-electron chi connectivity index (χ1n) is 12.5. The number of alkyl halides is 1. The van der Waals surface area contributed by atoms with E-state index in [9.17, 15) is 19.5 Å². The Morgan fingerprint density at radius 3 is 2.34 bits per heavy atom. The number of rotatable bonds is 6. The number of β-amino-alcohol motifs (C(OH)–C–C–N with tert-alkyl or cyclic N) is 1. The molecule has 0 aliphatic carbocycles. The molecule has 9 nitrogen and oxygen atoms in total. The number of hydrogen-bond donors (Lipinski definition) is 3. The van der Waals surface area contributed by atoms with E-state index in [0.717, 1.165) is 26.6 Å². The van der Waals surface area contributed by atoms with Crippen LogP contribution in [-0.2, 0) is 20.9 Å². The highest BCUT2D eigenvalue weighted by Gasteiger charge is 2.50. The van der Waals surface area contributed by atoms with Crippen molar-refractivity contribution in [2.24, 2.45) is 5.41 Å². The normalized spacial score (nSPS) is 20.7. The first kappa shape index (κ1) is 29.5. The number of aliphatic hydroxyl groups is 1. The SMILES string of the molecule is Cc1ncsc1-c1ccc(CNC(=O)[C@@H]2[C@H](F)[C@@H](O)CN2C(=O)[C@@H](NC(=O)OC(C)(C)C)C(C)(C)C)cc1. The van der Waals surface area contributed by atoms with E-state index in [4.69, 9.17) is 4.74 Å². The highest BCUT2D eigenvalue weighted by atomic mass is 32.1. The number of halogens is 1. The Labute approximate surface area is 226 Å². The lowest BCUT2D eigenvalue weighted by molar-refractivity contribution is -0.143. The first-order chi connectivity index (χ1) is 17.6. The Balaban J connectivity index is 1.72. The maximum atomic E-state index is 15.0. The minimum atomic E-state index is -1.97. The largest absolute Gasteiger partial charge is 0.444 e. The Morgan fingerprint density at radius 2 is 1.82 bits per heavy atom. The van der Waals surface area contributed by atoms with Gasteiger partial charge in [0.05, 0.1) is 22.6 Å². The van der Waals surface area contributed by atoms with Gasteiger partial charge in [0.2, 0.25) is 11.8 Å². The zero-order chi connectivity index (χ0) is 28.4. The molecule has 1 aliphatic rings. The number of amides is 3. The summed E-state index contributed by atoms with van der Waals surface area (Å²) in [7, 11) is 0. The standard InChI is InChI=1S/C27H37FN4O5S/c1-15-21(38-14-30-15)17-10-8-16(9-11-17)12-29-23(34)20-19(28)18(33)13-32(20)24(35)22(26(2,3)4)31-25(36)37-27(5,6)7/h8-11,14,18-20,22,33H,12-13H2,1-7H3,(H,29,34)(H,31,36)/t18-,19+,20-,22+/m0/s1. The van der Waals surface area contributed by atoms with Gasteiger partial charge in [-0.25, -0.2) is 14.2 Å². The number of ether oxygens (including phenoxy) is 1. The summed E-state index contributed by atoms with van der Waals surface area (Å²) in [4.78, 5) is 45.4. The van der Waals surface area contributed by atoms with Crippen molar-refractivity contribution < 1.29 is 28.6 Å². The van der Waals surface area contributed by atoms with E-state index in [1.807, 2.05) is 31.2 Å². The van der Waals surface area contributed by atoms with Gasteiger partial charge in [0, 0.05) is 6.54 Å².